The first-order valence-electron chi connectivity index (χ1n) is 7.50. The lowest BCUT2D eigenvalue weighted by molar-refractivity contribution is 0.230. The molecule has 0 bridgehead atoms. The van der Waals surface area contributed by atoms with E-state index in [1.807, 2.05) is 0 Å². The Morgan fingerprint density at radius 1 is 1.17 bits per heavy atom. The van der Waals surface area contributed by atoms with E-state index in [2.05, 4.69) is 42.7 Å². The van der Waals surface area contributed by atoms with Crippen molar-refractivity contribution in [3.05, 3.63) is 35.9 Å². The molecule has 1 nitrogen and oxygen atoms in total. The van der Waals surface area contributed by atoms with Crippen LogP contribution in [0.5, 0.6) is 0 Å². The van der Waals surface area contributed by atoms with Gasteiger partial charge in [-0.25, -0.2) is 0 Å². The van der Waals surface area contributed by atoms with Crippen molar-refractivity contribution in [3.8, 4) is 0 Å². The van der Waals surface area contributed by atoms with E-state index in [0.29, 0.717) is 5.41 Å². The predicted octanol–water partition coefficient (Wildman–Crippen LogP) is 3.65. The van der Waals surface area contributed by atoms with Crippen LogP contribution in [0.1, 0.15) is 37.7 Å². The number of aryl methyl sites for hydroxylation is 1. The number of rotatable bonds is 6. The molecule has 2 unspecified atom stereocenters. The van der Waals surface area contributed by atoms with Crippen LogP contribution in [0.2, 0.25) is 0 Å². The molecule has 1 aromatic carbocycles. The highest BCUT2D eigenvalue weighted by molar-refractivity contribution is 5.14. The fourth-order valence-electron chi connectivity index (χ4n) is 4.13. The SMILES string of the molecule is CNCC1(CCCc2ccccc2)CC2CC2C1. The molecular formula is C17H25N. The Hall–Kier alpha value is -0.820. The van der Waals surface area contributed by atoms with Crippen molar-refractivity contribution in [2.75, 3.05) is 13.6 Å². The number of fused-ring (bicyclic) bond motifs is 1. The number of hydrogen-bond acceptors (Lipinski definition) is 1. The Balaban J connectivity index is 1.51. The molecule has 2 saturated carbocycles. The van der Waals surface area contributed by atoms with E-state index in [9.17, 15) is 0 Å². The van der Waals surface area contributed by atoms with Gasteiger partial charge in [-0.05, 0) is 68.4 Å². The third kappa shape index (κ3) is 2.61. The number of hydrogen-bond donors (Lipinski definition) is 1. The van der Waals surface area contributed by atoms with Gasteiger partial charge in [0, 0.05) is 6.54 Å². The average Bonchev–Trinajstić information content (AvgIpc) is 2.99. The largest absolute Gasteiger partial charge is 0.319 e. The molecule has 0 aromatic heterocycles. The maximum atomic E-state index is 3.44. The number of nitrogens with one attached hydrogen (secondary N) is 1. The first-order chi connectivity index (χ1) is 8.81. The fourth-order valence-corrected chi connectivity index (χ4v) is 4.13. The van der Waals surface area contributed by atoms with Gasteiger partial charge in [-0.15, -0.1) is 0 Å². The van der Waals surface area contributed by atoms with E-state index in [0.717, 1.165) is 11.8 Å². The highest BCUT2D eigenvalue weighted by atomic mass is 14.8. The van der Waals surface area contributed by atoms with Crippen molar-refractivity contribution >= 4 is 0 Å². The number of benzene rings is 1. The molecule has 0 heterocycles. The quantitative estimate of drug-likeness (QED) is 0.804. The maximum Gasteiger partial charge on any atom is 0.000501 e. The van der Waals surface area contributed by atoms with Crippen LogP contribution in [0, 0.1) is 17.3 Å². The van der Waals surface area contributed by atoms with E-state index in [1.54, 1.807) is 0 Å². The molecule has 0 amide bonds. The second-order valence-electron chi connectivity index (χ2n) is 6.53. The topological polar surface area (TPSA) is 12.0 Å². The molecule has 0 radical (unpaired) electrons. The van der Waals surface area contributed by atoms with E-state index < -0.39 is 0 Å². The Morgan fingerprint density at radius 3 is 2.56 bits per heavy atom. The molecule has 0 spiro atoms. The monoisotopic (exact) mass is 243 g/mol. The zero-order chi connectivity index (χ0) is 12.4. The summed E-state index contributed by atoms with van der Waals surface area (Å²) in [5, 5.41) is 3.44. The van der Waals surface area contributed by atoms with Gasteiger partial charge in [0.05, 0.1) is 0 Å². The molecule has 0 aliphatic heterocycles. The van der Waals surface area contributed by atoms with Crippen LogP contribution < -0.4 is 5.32 Å². The molecule has 1 N–H and O–H groups in total. The van der Waals surface area contributed by atoms with Crippen LogP contribution in [0.3, 0.4) is 0 Å². The molecule has 2 aliphatic rings. The summed E-state index contributed by atoms with van der Waals surface area (Å²) in [6.45, 7) is 1.23. The Kier molecular flexibility index (Phi) is 3.43. The van der Waals surface area contributed by atoms with Crippen LogP contribution in [-0.4, -0.2) is 13.6 Å². The molecule has 2 aliphatic carbocycles. The molecular weight excluding hydrogens is 218 g/mol. The Bertz CT molecular complexity index is 374. The van der Waals surface area contributed by atoms with Crippen LogP contribution in [-0.2, 0) is 6.42 Å². The summed E-state index contributed by atoms with van der Waals surface area (Å²) in [5.41, 5.74) is 2.14. The Morgan fingerprint density at radius 2 is 1.89 bits per heavy atom. The van der Waals surface area contributed by atoms with Crippen LogP contribution in [0.4, 0.5) is 0 Å². The van der Waals surface area contributed by atoms with Gasteiger partial charge in [-0.2, -0.15) is 0 Å². The fraction of sp³-hybridized carbons (Fsp3) is 0.647. The Labute approximate surface area is 111 Å². The van der Waals surface area contributed by atoms with Crippen molar-refractivity contribution in [1.82, 2.24) is 5.32 Å². The van der Waals surface area contributed by atoms with E-state index in [4.69, 9.17) is 0 Å². The molecule has 18 heavy (non-hydrogen) atoms. The lowest BCUT2D eigenvalue weighted by atomic mass is 9.78. The smallest absolute Gasteiger partial charge is 0.000501 e. The van der Waals surface area contributed by atoms with E-state index in [-0.39, 0.29) is 0 Å². The van der Waals surface area contributed by atoms with Gasteiger partial charge in [0.15, 0.2) is 0 Å². The van der Waals surface area contributed by atoms with Gasteiger partial charge in [0.1, 0.15) is 0 Å². The normalized spacial score (nSPS) is 33.4. The third-order valence-corrected chi connectivity index (χ3v) is 5.03. The lowest BCUT2D eigenvalue weighted by Gasteiger charge is -2.31. The van der Waals surface area contributed by atoms with Gasteiger partial charge in [-0.3, -0.25) is 0 Å². The second kappa shape index (κ2) is 5.05. The predicted molar refractivity (Wildman–Crippen MR) is 76.6 cm³/mol. The third-order valence-electron chi connectivity index (χ3n) is 5.03. The molecule has 98 valence electrons. The molecule has 2 atom stereocenters. The minimum Gasteiger partial charge on any atom is -0.319 e. The average molecular weight is 243 g/mol. The summed E-state index contributed by atoms with van der Waals surface area (Å²) in [5.74, 6) is 2.19. The highest BCUT2D eigenvalue weighted by Crippen LogP contribution is 2.61. The van der Waals surface area contributed by atoms with Gasteiger partial charge in [-0.1, -0.05) is 30.3 Å². The standard InChI is InChI=1S/C17H25N/c1-18-13-17(11-15-10-16(15)12-17)9-5-8-14-6-3-2-4-7-14/h2-4,6-7,15-16,18H,5,8-13H2,1H3. The first kappa shape index (κ1) is 12.2. The van der Waals surface area contributed by atoms with Gasteiger partial charge < -0.3 is 5.32 Å². The molecule has 1 aromatic rings. The zero-order valence-electron chi connectivity index (χ0n) is 11.5. The van der Waals surface area contributed by atoms with Crippen molar-refractivity contribution in [2.24, 2.45) is 17.3 Å². The highest BCUT2D eigenvalue weighted by Gasteiger charge is 2.52. The minimum absolute atomic E-state index is 0.636. The molecule has 3 rings (SSSR count). The lowest BCUT2D eigenvalue weighted by Crippen LogP contribution is -2.31. The van der Waals surface area contributed by atoms with Gasteiger partial charge in [0.2, 0.25) is 0 Å². The van der Waals surface area contributed by atoms with E-state index >= 15 is 0 Å². The minimum atomic E-state index is 0.636. The summed E-state index contributed by atoms with van der Waals surface area (Å²) < 4.78 is 0. The maximum absolute atomic E-state index is 3.44. The van der Waals surface area contributed by atoms with Crippen LogP contribution in [0.15, 0.2) is 30.3 Å². The van der Waals surface area contributed by atoms with Crippen molar-refractivity contribution in [1.29, 1.82) is 0 Å². The summed E-state index contributed by atoms with van der Waals surface area (Å²) in [4.78, 5) is 0. The molecule has 2 fully saturated rings. The molecule has 0 saturated heterocycles. The van der Waals surface area contributed by atoms with Gasteiger partial charge in [0.25, 0.3) is 0 Å². The van der Waals surface area contributed by atoms with Crippen LogP contribution >= 0.6 is 0 Å². The van der Waals surface area contributed by atoms with Crippen molar-refractivity contribution in [3.63, 3.8) is 0 Å². The van der Waals surface area contributed by atoms with Crippen LogP contribution in [0.25, 0.3) is 0 Å². The summed E-state index contributed by atoms with van der Waals surface area (Å²) in [7, 11) is 2.11. The van der Waals surface area contributed by atoms with E-state index in [1.165, 1.54) is 50.6 Å². The molecule has 1 heteroatoms. The van der Waals surface area contributed by atoms with Crippen molar-refractivity contribution in [2.45, 2.75) is 38.5 Å². The zero-order valence-corrected chi connectivity index (χ0v) is 11.5. The summed E-state index contributed by atoms with van der Waals surface area (Å²) in [6.07, 6.45) is 8.53. The first-order valence-corrected chi connectivity index (χ1v) is 7.50. The van der Waals surface area contributed by atoms with Crippen molar-refractivity contribution < 1.29 is 0 Å². The summed E-state index contributed by atoms with van der Waals surface area (Å²) in [6, 6.07) is 10.9. The summed E-state index contributed by atoms with van der Waals surface area (Å²) >= 11 is 0. The second-order valence-corrected chi connectivity index (χ2v) is 6.53. The van der Waals surface area contributed by atoms with Gasteiger partial charge >= 0.3 is 0 Å².